The van der Waals surface area contributed by atoms with E-state index in [1.165, 1.54) is 11.3 Å². The van der Waals surface area contributed by atoms with Crippen LogP contribution in [0.15, 0.2) is 34.2 Å². The molecule has 114 valence electrons. The molecule has 1 N–H and O–H groups in total. The summed E-state index contributed by atoms with van der Waals surface area (Å²) in [6.07, 6.45) is 3.12. The minimum absolute atomic E-state index is 0.105. The minimum atomic E-state index is -0.105. The zero-order valence-corrected chi connectivity index (χ0v) is 14.1. The average molecular weight is 380 g/mol. The second-order valence-corrected chi connectivity index (χ2v) is 6.81. The molecule has 2 aromatic heterocycles. The molecule has 0 aromatic carbocycles. The van der Waals surface area contributed by atoms with Crippen molar-refractivity contribution in [2.24, 2.45) is 0 Å². The summed E-state index contributed by atoms with van der Waals surface area (Å²) >= 11 is 4.73. The third kappa shape index (κ3) is 3.36. The predicted octanol–water partition coefficient (Wildman–Crippen LogP) is 2.96. The van der Waals surface area contributed by atoms with Crippen LogP contribution in [0.25, 0.3) is 0 Å². The largest absolute Gasteiger partial charge is 0.347 e. The second-order valence-electron chi connectivity index (χ2n) is 4.98. The van der Waals surface area contributed by atoms with Crippen molar-refractivity contribution < 1.29 is 9.59 Å². The summed E-state index contributed by atoms with van der Waals surface area (Å²) in [5, 5.41) is 4.75. The van der Waals surface area contributed by atoms with E-state index >= 15 is 0 Å². The van der Waals surface area contributed by atoms with Crippen LogP contribution in [0.3, 0.4) is 0 Å². The summed E-state index contributed by atoms with van der Waals surface area (Å²) in [5.41, 5.74) is 0.925. The monoisotopic (exact) mass is 379 g/mol. The highest BCUT2D eigenvalue weighted by Gasteiger charge is 2.22. The highest BCUT2D eigenvalue weighted by atomic mass is 79.9. The fourth-order valence-corrected chi connectivity index (χ4v) is 3.65. The van der Waals surface area contributed by atoms with Crippen molar-refractivity contribution in [2.45, 2.75) is 19.4 Å². The quantitative estimate of drug-likeness (QED) is 0.887. The molecule has 0 bridgehead atoms. The number of nitrogens with zero attached hydrogens (tertiary/aromatic N) is 2. The Balaban J connectivity index is 1.65. The smallest absolute Gasteiger partial charge is 0.261 e. The molecule has 1 fully saturated rings. The number of carbonyl (C=O) groups excluding carboxylic acids is 2. The molecule has 1 aliphatic heterocycles. The van der Waals surface area contributed by atoms with Crippen LogP contribution in [0.5, 0.6) is 0 Å². The highest BCUT2D eigenvalue weighted by Crippen LogP contribution is 2.21. The highest BCUT2D eigenvalue weighted by molar-refractivity contribution is 9.10. The van der Waals surface area contributed by atoms with Crippen LogP contribution in [-0.2, 0) is 11.3 Å². The van der Waals surface area contributed by atoms with Crippen molar-refractivity contribution in [1.82, 2.24) is 10.3 Å². The number of hydrogen-bond donors (Lipinski definition) is 1. The van der Waals surface area contributed by atoms with Gasteiger partial charge in [0.15, 0.2) is 0 Å². The Morgan fingerprint density at radius 1 is 1.45 bits per heavy atom. The number of carbonyl (C=O) groups is 2. The average Bonchev–Trinajstić information content (AvgIpc) is 3.13. The van der Waals surface area contributed by atoms with Crippen LogP contribution < -0.4 is 10.2 Å². The van der Waals surface area contributed by atoms with E-state index < -0.39 is 0 Å². The van der Waals surface area contributed by atoms with Crippen molar-refractivity contribution in [2.75, 3.05) is 11.4 Å². The Labute approximate surface area is 140 Å². The number of pyridine rings is 1. The number of nitrogens with one attached hydrogen (secondary N) is 1. The van der Waals surface area contributed by atoms with Crippen LogP contribution in [0.4, 0.5) is 5.82 Å². The van der Waals surface area contributed by atoms with Crippen LogP contribution in [-0.4, -0.2) is 23.3 Å². The van der Waals surface area contributed by atoms with Crippen LogP contribution in [0.1, 0.15) is 28.1 Å². The first-order valence-electron chi connectivity index (χ1n) is 6.91. The van der Waals surface area contributed by atoms with Crippen molar-refractivity contribution in [3.63, 3.8) is 0 Å². The van der Waals surface area contributed by atoms with Gasteiger partial charge in [0.1, 0.15) is 5.82 Å². The summed E-state index contributed by atoms with van der Waals surface area (Å²) in [6, 6.07) is 5.49. The number of hydrogen-bond acceptors (Lipinski definition) is 4. The third-order valence-electron chi connectivity index (χ3n) is 3.40. The molecule has 0 saturated carbocycles. The lowest BCUT2D eigenvalue weighted by atomic mass is 10.2. The number of aromatic nitrogens is 1. The topological polar surface area (TPSA) is 62.3 Å². The van der Waals surface area contributed by atoms with E-state index in [2.05, 4.69) is 26.2 Å². The molecular weight excluding hydrogens is 366 g/mol. The van der Waals surface area contributed by atoms with E-state index in [1.807, 2.05) is 17.5 Å². The van der Waals surface area contributed by atoms with Gasteiger partial charge in [0.25, 0.3) is 5.91 Å². The molecule has 7 heteroatoms. The van der Waals surface area contributed by atoms with Gasteiger partial charge in [-0.25, -0.2) is 4.98 Å². The molecule has 0 aliphatic carbocycles. The van der Waals surface area contributed by atoms with Gasteiger partial charge >= 0.3 is 0 Å². The van der Waals surface area contributed by atoms with E-state index in [-0.39, 0.29) is 11.8 Å². The summed E-state index contributed by atoms with van der Waals surface area (Å²) in [4.78, 5) is 30.4. The van der Waals surface area contributed by atoms with Crippen LogP contribution in [0, 0.1) is 0 Å². The van der Waals surface area contributed by atoms with E-state index in [0.717, 1.165) is 16.5 Å². The Kier molecular flexibility index (Phi) is 4.54. The Hall–Kier alpha value is -1.73. The predicted molar refractivity (Wildman–Crippen MR) is 89.0 cm³/mol. The molecule has 1 aliphatic rings. The molecule has 1 saturated heterocycles. The van der Waals surface area contributed by atoms with Gasteiger partial charge in [-0.2, -0.15) is 0 Å². The Morgan fingerprint density at radius 3 is 3.00 bits per heavy atom. The van der Waals surface area contributed by atoms with E-state index in [9.17, 15) is 9.59 Å². The SMILES string of the molecule is O=C(NCc1ccnc(N2CCCC2=O)c1)c1cc(Br)cs1. The van der Waals surface area contributed by atoms with Gasteiger partial charge in [-0.05, 0) is 46.1 Å². The Bertz CT molecular complexity index is 716. The van der Waals surface area contributed by atoms with Crippen molar-refractivity contribution in [3.8, 4) is 0 Å². The van der Waals surface area contributed by atoms with E-state index in [4.69, 9.17) is 0 Å². The maximum absolute atomic E-state index is 12.0. The molecule has 5 nitrogen and oxygen atoms in total. The van der Waals surface area contributed by atoms with Gasteiger partial charge < -0.3 is 5.32 Å². The second kappa shape index (κ2) is 6.58. The van der Waals surface area contributed by atoms with Crippen LogP contribution in [0.2, 0.25) is 0 Å². The zero-order chi connectivity index (χ0) is 15.5. The third-order valence-corrected chi connectivity index (χ3v) is 5.09. The number of halogens is 1. The molecular formula is C15H14BrN3O2S. The van der Waals surface area contributed by atoms with Crippen molar-refractivity contribution >= 4 is 44.9 Å². The summed E-state index contributed by atoms with van der Waals surface area (Å²) < 4.78 is 0.904. The molecule has 0 spiro atoms. The lowest BCUT2D eigenvalue weighted by Crippen LogP contribution is -2.25. The van der Waals surface area contributed by atoms with Gasteiger partial charge in [0.05, 0.1) is 4.88 Å². The first-order chi connectivity index (χ1) is 10.6. The molecule has 22 heavy (non-hydrogen) atoms. The lowest BCUT2D eigenvalue weighted by molar-refractivity contribution is -0.117. The van der Waals surface area contributed by atoms with Gasteiger partial charge in [0, 0.05) is 35.6 Å². The maximum atomic E-state index is 12.0. The molecule has 0 radical (unpaired) electrons. The first kappa shape index (κ1) is 15.2. The number of anilines is 1. The van der Waals surface area contributed by atoms with E-state index in [1.54, 1.807) is 17.2 Å². The summed E-state index contributed by atoms with van der Waals surface area (Å²) in [6.45, 7) is 1.12. The van der Waals surface area contributed by atoms with Crippen molar-refractivity contribution in [1.29, 1.82) is 0 Å². The summed E-state index contributed by atoms with van der Waals surface area (Å²) in [5.74, 6) is 0.663. The molecule has 2 aromatic rings. The fourth-order valence-electron chi connectivity index (χ4n) is 2.31. The van der Waals surface area contributed by atoms with E-state index in [0.29, 0.717) is 30.2 Å². The summed E-state index contributed by atoms with van der Waals surface area (Å²) in [7, 11) is 0. The maximum Gasteiger partial charge on any atom is 0.261 e. The lowest BCUT2D eigenvalue weighted by Gasteiger charge is -2.15. The zero-order valence-electron chi connectivity index (χ0n) is 11.7. The molecule has 3 heterocycles. The van der Waals surface area contributed by atoms with Gasteiger partial charge in [-0.15, -0.1) is 11.3 Å². The molecule has 2 amide bonds. The molecule has 0 unspecified atom stereocenters. The van der Waals surface area contributed by atoms with Gasteiger partial charge in [0.2, 0.25) is 5.91 Å². The number of amides is 2. The molecule has 3 rings (SSSR count). The number of thiophene rings is 1. The first-order valence-corrected chi connectivity index (χ1v) is 8.58. The molecule has 0 atom stereocenters. The van der Waals surface area contributed by atoms with Crippen LogP contribution >= 0.6 is 27.3 Å². The minimum Gasteiger partial charge on any atom is -0.347 e. The van der Waals surface area contributed by atoms with Gasteiger partial charge in [-0.3, -0.25) is 14.5 Å². The van der Waals surface area contributed by atoms with Crippen molar-refractivity contribution in [3.05, 3.63) is 44.7 Å². The van der Waals surface area contributed by atoms with Gasteiger partial charge in [-0.1, -0.05) is 0 Å². The fraction of sp³-hybridized carbons (Fsp3) is 0.267. The normalized spacial score (nSPS) is 14.4. The Morgan fingerprint density at radius 2 is 2.32 bits per heavy atom. The standard InChI is InChI=1S/C15H14BrN3O2S/c16-11-7-12(22-9-11)15(21)18-8-10-3-4-17-13(6-10)19-5-1-2-14(19)20/h3-4,6-7,9H,1-2,5,8H2,(H,18,21). The number of rotatable bonds is 4.